The minimum Gasteiger partial charge on any atom is -0.472 e. The molecule has 0 amide bonds. The Morgan fingerprint density at radius 3 is 3.00 bits per heavy atom. The van der Waals surface area contributed by atoms with Crippen molar-refractivity contribution in [3.8, 4) is 11.8 Å². The molecule has 1 aromatic carbocycles. The molecule has 0 saturated heterocycles. The lowest BCUT2D eigenvalue weighted by atomic mass is 9.83. The summed E-state index contributed by atoms with van der Waals surface area (Å²) in [4.78, 5) is 10.4. The van der Waals surface area contributed by atoms with E-state index in [1.54, 1.807) is 0 Å². The van der Waals surface area contributed by atoms with Crippen LogP contribution in [0.2, 0.25) is 0 Å². The summed E-state index contributed by atoms with van der Waals surface area (Å²) in [5.41, 5.74) is 2.52. The van der Waals surface area contributed by atoms with Crippen LogP contribution in [0, 0.1) is 11.8 Å². The number of carboxylic acids is 1. The minimum atomic E-state index is -1.04. The van der Waals surface area contributed by atoms with Gasteiger partial charge in [0.15, 0.2) is 0 Å². The number of carbonyl (C=O) groups is 1. The number of hydrogen-bond acceptors (Lipinski definition) is 1. The molecule has 0 saturated carbocycles. The van der Waals surface area contributed by atoms with Gasteiger partial charge in [-0.15, -0.1) is 0 Å². The second-order valence-corrected chi connectivity index (χ2v) is 3.72. The molecule has 1 aliphatic carbocycles. The first-order valence-corrected chi connectivity index (χ1v) is 5.09. The molecular weight excluding hydrogens is 188 g/mol. The van der Waals surface area contributed by atoms with Crippen LogP contribution in [0.3, 0.4) is 0 Å². The SMILES string of the molecule is O=C(O)C#CC1CCCc2ccccc21. The molecule has 1 aliphatic rings. The van der Waals surface area contributed by atoms with Gasteiger partial charge in [0.1, 0.15) is 0 Å². The van der Waals surface area contributed by atoms with E-state index < -0.39 is 5.97 Å². The Morgan fingerprint density at radius 2 is 2.20 bits per heavy atom. The quantitative estimate of drug-likeness (QED) is 0.652. The molecule has 0 aliphatic heterocycles. The van der Waals surface area contributed by atoms with Gasteiger partial charge in [-0.1, -0.05) is 30.2 Å². The van der Waals surface area contributed by atoms with Gasteiger partial charge in [0.25, 0.3) is 0 Å². The topological polar surface area (TPSA) is 37.3 Å². The van der Waals surface area contributed by atoms with Crippen molar-refractivity contribution >= 4 is 5.97 Å². The lowest BCUT2D eigenvalue weighted by Crippen LogP contribution is -2.08. The summed E-state index contributed by atoms with van der Waals surface area (Å²) in [6.07, 6.45) is 3.15. The third-order valence-electron chi connectivity index (χ3n) is 2.72. The van der Waals surface area contributed by atoms with Gasteiger partial charge in [-0.05, 0) is 30.4 Å². The van der Waals surface area contributed by atoms with E-state index in [9.17, 15) is 4.79 Å². The number of aliphatic carboxylic acids is 1. The smallest absolute Gasteiger partial charge is 0.381 e. The number of rotatable bonds is 0. The Kier molecular flexibility index (Phi) is 2.73. The second kappa shape index (κ2) is 4.18. The summed E-state index contributed by atoms with van der Waals surface area (Å²) < 4.78 is 0. The van der Waals surface area contributed by atoms with Gasteiger partial charge in [-0.3, -0.25) is 0 Å². The summed E-state index contributed by atoms with van der Waals surface area (Å²) >= 11 is 0. The van der Waals surface area contributed by atoms with Gasteiger partial charge < -0.3 is 5.11 Å². The summed E-state index contributed by atoms with van der Waals surface area (Å²) in [6, 6.07) is 8.16. The maximum Gasteiger partial charge on any atom is 0.381 e. The zero-order valence-electron chi connectivity index (χ0n) is 8.36. The number of carboxylic acid groups (broad SMARTS) is 1. The molecule has 2 nitrogen and oxygen atoms in total. The number of benzene rings is 1. The molecule has 0 fully saturated rings. The average Bonchev–Trinajstić information content (AvgIpc) is 2.26. The molecule has 2 heteroatoms. The van der Waals surface area contributed by atoms with Crippen molar-refractivity contribution in [2.75, 3.05) is 0 Å². The van der Waals surface area contributed by atoms with Gasteiger partial charge in [0.05, 0.1) is 0 Å². The molecule has 1 aromatic rings. The zero-order valence-corrected chi connectivity index (χ0v) is 8.36. The monoisotopic (exact) mass is 200 g/mol. The Labute approximate surface area is 88.9 Å². The van der Waals surface area contributed by atoms with Crippen LogP contribution >= 0.6 is 0 Å². The van der Waals surface area contributed by atoms with Crippen LogP contribution in [0.5, 0.6) is 0 Å². The number of hydrogen-bond donors (Lipinski definition) is 1. The van der Waals surface area contributed by atoms with Crippen LogP contribution in [0.15, 0.2) is 24.3 Å². The first-order chi connectivity index (χ1) is 7.27. The Bertz CT molecular complexity index is 437. The van der Waals surface area contributed by atoms with Crippen LogP contribution in [-0.4, -0.2) is 11.1 Å². The molecule has 0 radical (unpaired) electrons. The van der Waals surface area contributed by atoms with E-state index in [0.717, 1.165) is 19.3 Å². The lowest BCUT2D eigenvalue weighted by molar-refractivity contribution is -0.130. The van der Waals surface area contributed by atoms with Crippen molar-refractivity contribution < 1.29 is 9.90 Å². The van der Waals surface area contributed by atoms with Gasteiger partial charge in [0, 0.05) is 11.8 Å². The Morgan fingerprint density at radius 1 is 1.40 bits per heavy atom. The molecular formula is C13H12O2. The highest BCUT2D eigenvalue weighted by Crippen LogP contribution is 2.30. The highest BCUT2D eigenvalue weighted by Gasteiger charge is 2.17. The minimum absolute atomic E-state index is 0.103. The maximum absolute atomic E-state index is 10.4. The third-order valence-corrected chi connectivity index (χ3v) is 2.72. The standard InChI is InChI=1S/C13H12O2/c14-13(15)9-8-11-6-3-5-10-4-1-2-7-12(10)11/h1-2,4,7,11H,3,5-6H2,(H,14,15). The molecule has 1 atom stereocenters. The molecule has 0 heterocycles. The Hall–Kier alpha value is -1.75. The summed E-state index contributed by atoms with van der Waals surface area (Å²) in [5.74, 6) is 4.11. The number of fused-ring (bicyclic) bond motifs is 1. The largest absolute Gasteiger partial charge is 0.472 e. The zero-order chi connectivity index (χ0) is 10.7. The summed E-state index contributed by atoms with van der Waals surface area (Å²) in [6.45, 7) is 0. The van der Waals surface area contributed by atoms with E-state index in [1.807, 2.05) is 12.1 Å². The second-order valence-electron chi connectivity index (χ2n) is 3.72. The lowest BCUT2D eigenvalue weighted by Gasteiger charge is -2.20. The van der Waals surface area contributed by atoms with E-state index in [1.165, 1.54) is 11.1 Å². The van der Waals surface area contributed by atoms with Crippen molar-refractivity contribution in [3.63, 3.8) is 0 Å². The van der Waals surface area contributed by atoms with Crippen LogP contribution in [0.25, 0.3) is 0 Å². The molecule has 2 rings (SSSR count). The highest BCUT2D eigenvalue weighted by atomic mass is 16.4. The van der Waals surface area contributed by atoms with Gasteiger partial charge in [0.2, 0.25) is 0 Å². The highest BCUT2D eigenvalue weighted by molar-refractivity contribution is 5.86. The first kappa shape index (κ1) is 9.79. The fourth-order valence-corrected chi connectivity index (χ4v) is 2.05. The molecule has 15 heavy (non-hydrogen) atoms. The molecule has 1 N–H and O–H groups in total. The van der Waals surface area contributed by atoms with Gasteiger partial charge >= 0.3 is 5.97 Å². The van der Waals surface area contributed by atoms with Crippen molar-refractivity contribution in [1.82, 2.24) is 0 Å². The van der Waals surface area contributed by atoms with E-state index in [4.69, 9.17) is 5.11 Å². The summed E-state index contributed by atoms with van der Waals surface area (Å²) in [7, 11) is 0. The van der Waals surface area contributed by atoms with Crippen LogP contribution in [0.4, 0.5) is 0 Å². The first-order valence-electron chi connectivity index (χ1n) is 5.09. The fraction of sp³-hybridized carbons (Fsp3) is 0.308. The average molecular weight is 200 g/mol. The normalized spacial score (nSPS) is 18.5. The predicted octanol–water partition coefficient (Wildman–Crippen LogP) is 2.19. The van der Waals surface area contributed by atoms with Gasteiger partial charge in [-0.2, -0.15) is 0 Å². The van der Waals surface area contributed by atoms with E-state index in [2.05, 4.69) is 24.0 Å². The molecule has 0 spiro atoms. The Balaban J connectivity index is 2.31. The van der Waals surface area contributed by atoms with E-state index in [0.29, 0.717) is 0 Å². The molecule has 0 bridgehead atoms. The van der Waals surface area contributed by atoms with Crippen LogP contribution < -0.4 is 0 Å². The number of aryl methyl sites for hydroxylation is 1. The van der Waals surface area contributed by atoms with Crippen molar-refractivity contribution in [1.29, 1.82) is 0 Å². The third kappa shape index (κ3) is 2.19. The van der Waals surface area contributed by atoms with Gasteiger partial charge in [-0.25, -0.2) is 4.79 Å². The van der Waals surface area contributed by atoms with E-state index in [-0.39, 0.29) is 5.92 Å². The maximum atomic E-state index is 10.4. The van der Waals surface area contributed by atoms with Crippen LogP contribution in [0.1, 0.15) is 29.9 Å². The predicted molar refractivity (Wildman–Crippen MR) is 57.5 cm³/mol. The van der Waals surface area contributed by atoms with E-state index >= 15 is 0 Å². The van der Waals surface area contributed by atoms with Crippen molar-refractivity contribution in [2.24, 2.45) is 0 Å². The van der Waals surface area contributed by atoms with Crippen molar-refractivity contribution in [3.05, 3.63) is 35.4 Å². The molecule has 0 aromatic heterocycles. The molecule has 76 valence electrons. The summed E-state index contributed by atoms with van der Waals surface area (Å²) in [5, 5.41) is 8.52. The fourth-order valence-electron chi connectivity index (χ4n) is 2.05. The van der Waals surface area contributed by atoms with Crippen LogP contribution in [-0.2, 0) is 11.2 Å². The van der Waals surface area contributed by atoms with Crippen molar-refractivity contribution in [2.45, 2.75) is 25.2 Å². The molecule has 1 unspecified atom stereocenters.